The van der Waals surface area contributed by atoms with Gasteiger partial charge in [0.25, 0.3) is 0 Å². The van der Waals surface area contributed by atoms with Gasteiger partial charge in [0.15, 0.2) is 23.3 Å². The standard InChI is InChI=1S/C16H19F3N2O3S/c1-4-24-16(23)10-14(22)8(3)13(20)12(19)11(18)9(17)5-21-7(2)6-25-15(10)21/h7-8H,4-6,20H2,1-3H3/b11-9-,13-12-,15-10-. The lowest BCUT2D eigenvalue weighted by atomic mass is 9.95. The first kappa shape index (κ1) is 19.4. The van der Waals surface area contributed by atoms with E-state index >= 15 is 0 Å². The SMILES string of the molecule is CCOC(=O)/C1=C2\SCC(C)N2C/C(F)=C(F)\C(F)=C(\N)C(C)C1=O. The van der Waals surface area contributed by atoms with Crippen molar-refractivity contribution >= 4 is 23.5 Å². The van der Waals surface area contributed by atoms with Crippen LogP contribution in [0.15, 0.2) is 33.8 Å². The molecule has 1 fully saturated rings. The first-order chi connectivity index (χ1) is 11.7. The molecule has 0 aromatic carbocycles. The molecule has 25 heavy (non-hydrogen) atoms. The molecule has 0 amide bonds. The number of allylic oxidation sites excluding steroid dienone is 3. The Bertz CT molecular complexity index is 703. The maximum absolute atomic E-state index is 14.2. The summed E-state index contributed by atoms with van der Waals surface area (Å²) in [7, 11) is 0. The topological polar surface area (TPSA) is 72.6 Å². The van der Waals surface area contributed by atoms with Crippen LogP contribution >= 0.6 is 11.8 Å². The molecule has 2 N–H and O–H groups in total. The highest BCUT2D eigenvalue weighted by Crippen LogP contribution is 2.39. The second-order valence-electron chi connectivity index (χ2n) is 5.76. The molecule has 0 saturated carbocycles. The number of carbonyl (C=O) groups excluding carboxylic acids is 2. The minimum atomic E-state index is -1.72. The van der Waals surface area contributed by atoms with E-state index < -0.39 is 47.4 Å². The summed E-state index contributed by atoms with van der Waals surface area (Å²) in [5, 5.41) is 0.195. The Labute approximate surface area is 147 Å². The van der Waals surface area contributed by atoms with Crippen molar-refractivity contribution in [2.75, 3.05) is 18.9 Å². The number of rotatable bonds is 2. The monoisotopic (exact) mass is 376 g/mol. The molecular weight excluding hydrogens is 357 g/mol. The largest absolute Gasteiger partial charge is 0.462 e. The zero-order valence-corrected chi connectivity index (χ0v) is 14.9. The number of thioether (sulfide) groups is 1. The van der Waals surface area contributed by atoms with Crippen molar-refractivity contribution in [1.29, 1.82) is 0 Å². The lowest BCUT2D eigenvalue weighted by Crippen LogP contribution is -2.34. The van der Waals surface area contributed by atoms with E-state index in [9.17, 15) is 22.8 Å². The predicted octanol–water partition coefficient (Wildman–Crippen LogP) is 2.71. The fourth-order valence-corrected chi connectivity index (χ4v) is 3.84. The molecule has 1 saturated heterocycles. The van der Waals surface area contributed by atoms with Crippen LogP contribution in [0.1, 0.15) is 20.8 Å². The molecular formula is C16H19F3N2O3S. The number of nitrogens with two attached hydrogens (primary N) is 1. The first-order valence-electron chi connectivity index (χ1n) is 7.75. The smallest absolute Gasteiger partial charge is 0.344 e. The second kappa shape index (κ2) is 7.55. The number of fused-ring (bicyclic) bond motifs is 1. The molecule has 0 spiro atoms. The summed E-state index contributed by atoms with van der Waals surface area (Å²) >= 11 is 1.17. The van der Waals surface area contributed by atoms with Gasteiger partial charge in [0.2, 0.25) is 0 Å². The lowest BCUT2D eigenvalue weighted by molar-refractivity contribution is -0.140. The Hall–Kier alpha value is -1.90. The van der Waals surface area contributed by atoms with Gasteiger partial charge in [0, 0.05) is 11.8 Å². The second-order valence-corrected chi connectivity index (χ2v) is 6.77. The summed E-state index contributed by atoms with van der Waals surface area (Å²) in [5.74, 6) is -7.26. The van der Waals surface area contributed by atoms with E-state index in [2.05, 4.69) is 0 Å². The van der Waals surface area contributed by atoms with Gasteiger partial charge < -0.3 is 15.4 Å². The van der Waals surface area contributed by atoms with Crippen molar-refractivity contribution in [2.45, 2.75) is 26.8 Å². The Balaban J connectivity index is 2.71. The Kier molecular flexibility index (Phi) is 5.87. The Morgan fingerprint density at radius 2 is 1.96 bits per heavy atom. The van der Waals surface area contributed by atoms with Crippen molar-refractivity contribution in [1.82, 2.24) is 4.90 Å². The number of esters is 1. The molecule has 2 heterocycles. The van der Waals surface area contributed by atoms with Crippen LogP contribution in [0.4, 0.5) is 13.2 Å². The van der Waals surface area contributed by atoms with Gasteiger partial charge >= 0.3 is 5.97 Å². The fourth-order valence-electron chi connectivity index (χ4n) is 2.53. The summed E-state index contributed by atoms with van der Waals surface area (Å²) in [5.41, 5.74) is 4.43. The van der Waals surface area contributed by atoms with Crippen LogP contribution in [-0.2, 0) is 14.3 Å². The number of nitrogens with zero attached hydrogens (tertiary/aromatic N) is 1. The number of ether oxygens (including phenoxy) is 1. The molecule has 9 heteroatoms. The van der Waals surface area contributed by atoms with Gasteiger partial charge in [-0.15, -0.1) is 11.8 Å². The minimum absolute atomic E-state index is 0.0278. The summed E-state index contributed by atoms with van der Waals surface area (Å²) in [4.78, 5) is 26.5. The maximum Gasteiger partial charge on any atom is 0.344 e. The van der Waals surface area contributed by atoms with Gasteiger partial charge in [-0.05, 0) is 20.8 Å². The van der Waals surface area contributed by atoms with Crippen LogP contribution in [-0.4, -0.2) is 41.6 Å². The fraction of sp³-hybridized carbons (Fsp3) is 0.500. The highest BCUT2D eigenvalue weighted by molar-refractivity contribution is 8.03. The zero-order chi connectivity index (χ0) is 18.9. The molecule has 2 aliphatic heterocycles. The van der Waals surface area contributed by atoms with E-state index in [4.69, 9.17) is 10.5 Å². The van der Waals surface area contributed by atoms with Crippen LogP contribution in [0.5, 0.6) is 0 Å². The third-order valence-corrected chi connectivity index (χ3v) is 5.41. The number of carbonyl (C=O) groups is 2. The van der Waals surface area contributed by atoms with Crippen LogP contribution < -0.4 is 5.73 Å². The van der Waals surface area contributed by atoms with Gasteiger partial charge in [0.1, 0.15) is 5.57 Å². The van der Waals surface area contributed by atoms with E-state index in [1.807, 2.05) is 0 Å². The Morgan fingerprint density at radius 3 is 2.56 bits per heavy atom. The maximum atomic E-state index is 14.2. The molecule has 2 unspecified atom stereocenters. The van der Waals surface area contributed by atoms with Gasteiger partial charge in [0.05, 0.1) is 29.8 Å². The van der Waals surface area contributed by atoms with Crippen molar-refractivity contribution in [3.8, 4) is 0 Å². The molecule has 5 nitrogen and oxygen atoms in total. The number of Topliss-reactive ketones (excluding diaryl/α,β-unsaturated/α-hetero) is 1. The first-order valence-corrected chi connectivity index (χ1v) is 8.73. The molecule has 2 rings (SSSR count). The molecule has 138 valence electrons. The van der Waals surface area contributed by atoms with E-state index in [1.54, 1.807) is 13.8 Å². The van der Waals surface area contributed by atoms with Crippen LogP contribution in [0.3, 0.4) is 0 Å². The quantitative estimate of drug-likeness (QED) is 0.590. The summed E-state index contributed by atoms with van der Waals surface area (Å²) < 4.78 is 47.2. The third-order valence-electron chi connectivity index (χ3n) is 4.05. The average molecular weight is 376 g/mol. The van der Waals surface area contributed by atoms with Crippen molar-refractivity contribution in [3.05, 3.63) is 33.8 Å². The number of hydrogen-bond donors (Lipinski definition) is 1. The molecule has 2 aliphatic rings. The van der Waals surface area contributed by atoms with E-state index in [-0.39, 0.29) is 23.3 Å². The van der Waals surface area contributed by atoms with Crippen LogP contribution in [0, 0.1) is 5.92 Å². The van der Waals surface area contributed by atoms with Crippen molar-refractivity contribution < 1.29 is 27.5 Å². The van der Waals surface area contributed by atoms with E-state index in [0.29, 0.717) is 5.75 Å². The summed E-state index contributed by atoms with van der Waals surface area (Å²) in [6, 6.07) is -0.283. The zero-order valence-electron chi connectivity index (χ0n) is 14.1. The summed E-state index contributed by atoms with van der Waals surface area (Å²) in [6.07, 6.45) is 0. The molecule has 0 aromatic heterocycles. The van der Waals surface area contributed by atoms with Gasteiger partial charge in [-0.2, -0.15) is 0 Å². The van der Waals surface area contributed by atoms with Gasteiger partial charge in [-0.25, -0.2) is 18.0 Å². The molecule has 0 radical (unpaired) electrons. The highest BCUT2D eigenvalue weighted by Gasteiger charge is 2.39. The molecule has 0 aromatic rings. The van der Waals surface area contributed by atoms with Gasteiger partial charge in [-0.3, -0.25) is 4.79 Å². The molecule has 0 aliphatic carbocycles. The summed E-state index contributed by atoms with van der Waals surface area (Å²) in [6.45, 7) is 3.96. The number of hydrogen-bond acceptors (Lipinski definition) is 6. The number of halogens is 3. The lowest BCUT2D eigenvalue weighted by Gasteiger charge is -2.26. The molecule has 0 bridgehead atoms. The van der Waals surface area contributed by atoms with Crippen LogP contribution in [0.25, 0.3) is 0 Å². The highest BCUT2D eigenvalue weighted by atomic mass is 32.2. The van der Waals surface area contributed by atoms with Crippen molar-refractivity contribution in [3.63, 3.8) is 0 Å². The Morgan fingerprint density at radius 1 is 1.32 bits per heavy atom. The average Bonchev–Trinajstić information content (AvgIpc) is 2.92. The third kappa shape index (κ3) is 3.56. The van der Waals surface area contributed by atoms with Crippen LogP contribution in [0.2, 0.25) is 0 Å². The molecule has 2 atom stereocenters. The number of ketones is 1. The van der Waals surface area contributed by atoms with E-state index in [1.165, 1.54) is 23.6 Å². The van der Waals surface area contributed by atoms with E-state index in [0.717, 1.165) is 0 Å². The van der Waals surface area contributed by atoms with Crippen molar-refractivity contribution in [2.24, 2.45) is 11.7 Å². The normalized spacial score (nSPS) is 34.2. The predicted molar refractivity (Wildman–Crippen MR) is 88.0 cm³/mol. The minimum Gasteiger partial charge on any atom is -0.462 e. The van der Waals surface area contributed by atoms with Gasteiger partial charge in [-0.1, -0.05) is 0 Å².